The minimum Gasteiger partial charge on any atom is -0.504 e. The Bertz CT molecular complexity index is 437. The number of nitrogens with one attached hydrogen (secondary N) is 1. The molecule has 18 heavy (non-hydrogen) atoms. The van der Waals surface area contributed by atoms with Crippen LogP contribution < -0.4 is 10.1 Å². The second kappa shape index (κ2) is 5.73. The van der Waals surface area contributed by atoms with Crippen molar-refractivity contribution in [3.8, 4) is 11.5 Å². The Morgan fingerprint density at radius 2 is 2.17 bits per heavy atom. The van der Waals surface area contributed by atoms with Crippen LogP contribution in [0.1, 0.15) is 5.56 Å². The monoisotopic (exact) mass is 274 g/mol. The van der Waals surface area contributed by atoms with Crippen LogP contribution in [0.4, 0.5) is 4.39 Å². The third-order valence-corrected chi connectivity index (χ3v) is 3.45. The number of hydrogen-bond donors (Lipinski definition) is 2. The highest BCUT2D eigenvalue weighted by Crippen LogP contribution is 2.37. The van der Waals surface area contributed by atoms with E-state index in [0.717, 1.165) is 32.2 Å². The molecule has 1 heterocycles. The summed E-state index contributed by atoms with van der Waals surface area (Å²) >= 11 is 5.96. The molecule has 0 spiro atoms. The molecular weight excluding hydrogens is 259 g/mol. The summed E-state index contributed by atoms with van der Waals surface area (Å²) < 4.78 is 18.6. The first-order valence-corrected chi connectivity index (χ1v) is 6.18. The van der Waals surface area contributed by atoms with Gasteiger partial charge in [0.25, 0.3) is 0 Å². The third-order valence-electron chi connectivity index (χ3n) is 3.04. The summed E-state index contributed by atoms with van der Waals surface area (Å²) in [5, 5.41) is 12.9. The number of methoxy groups -OCH3 is 1. The van der Waals surface area contributed by atoms with Crippen LogP contribution in [0.5, 0.6) is 11.5 Å². The molecule has 1 aliphatic rings. The lowest BCUT2D eigenvalue weighted by Gasteiger charge is -2.28. The Labute approximate surface area is 110 Å². The third kappa shape index (κ3) is 2.68. The molecule has 0 atom stereocenters. The number of phenols is 1. The molecule has 4 nitrogen and oxygen atoms in total. The van der Waals surface area contributed by atoms with Crippen molar-refractivity contribution < 1.29 is 14.2 Å². The largest absolute Gasteiger partial charge is 0.504 e. The Balaban J connectivity index is 2.29. The molecule has 2 N–H and O–H groups in total. The molecule has 1 fully saturated rings. The zero-order valence-corrected chi connectivity index (χ0v) is 10.9. The smallest absolute Gasteiger partial charge is 0.166 e. The van der Waals surface area contributed by atoms with Crippen LogP contribution in [0.2, 0.25) is 5.02 Å². The van der Waals surface area contributed by atoms with Gasteiger partial charge in [0, 0.05) is 44.4 Å². The number of hydrogen-bond acceptors (Lipinski definition) is 4. The van der Waals surface area contributed by atoms with Gasteiger partial charge in [0.1, 0.15) is 5.82 Å². The van der Waals surface area contributed by atoms with Gasteiger partial charge in [-0.25, -0.2) is 4.39 Å². The van der Waals surface area contributed by atoms with E-state index in [4.69, 9.17) is 16.3 Å². The fourth-order valence-corrected chi connectivity index (χ4v) is 2.31. The molecule has 0 aliphatic carbocycles. The zero-order chi connectivity index (χ0) is 13.1. The Hall–Kier alpha value is -1.04. The number of halogens is 2. The molecule has 0 unspecified atom stereocenters. The van der Waals surface area contributed by atoms with Crippen molar-refractivity contribution in [3.63, 3.8) is 0 Å². The molecule has 1 aromatic carbocycles. The van der Waals surface area contributed by atoms with Crippen LogP contribution in [-0.2, 0) is 6.54 Å². The maximum absolute atomic E-state index is 13.5. The van der Waals surface area contributed by atoms with Crippen LogP contribution in [-0.4, -0.2) is 43.3 Å². The standard InChI is InChI=1S/C12H16ClFN2O2/c1-18-12-8(7-16-4-2-15-3-5-16)11(13)9(14)6-10(12)17/h6,15,17H,2-5,7H2,1H3. The normalized spacial score (nSPS) is 16.8. The maximum Gasteiger partial charge on any atom is 0.166 e. The SMILES string of the molecule is COc1c(O)cc(F)c(Cl)c1CN1CCNCC1. The first-order chi connectivity index (χ1) is 8.63. The van der Waals surface area contributed by atoms with Crippen LogP contribution in [0.15, 0.2) is 6.07 Å². The van der Waals surface area contributed by atoms with Gasteiger partial charge in [0.15, 0.2) is 11.5 Å². The van der Waals surface area contributed by atoms with Gasteiger partial charge in [-0.3, -0.25) is 4.90 Å². The number of benzene rings is 1. The zero-order valence-electron chi connectivity index (χ0n) is 10.2. The predicted octanol–water partition coefficient (Wildman–Crippen LogP) is 1.60. The number of ether oxygens (including phenoxy) is 1. The molecule has 1 aromatic rings. The maximum atomic E-state index is 13.5. The summed E-state index contributed by atoms with van der Waals surface area (Å²) in [5.74, 6) is -0.593. The number of aromatic hydroxyl groups is 1. The lowest BCUT2D eigenvalue weighted by atomic mass is 10.1. The summed E-state index contributed by atoms with van der Waals surface area (Å²) in [6, 6.07) is 0.975. The van der Waals surface area contributed by atoms with E-state index in [-0.39, 0.29) is 16.5 Å². The van der Waals surface area contributed by atoms with Gasteiger partial charge < -0.3 is 15.2 Å². The van der Waals surface area contributed by atoms with E-state index in [9.17, 15) is 9.50 Å². The van der Waals surface area contributed by atoms with Crippen molar-refractivity contribution >= 4 is 11.6 Å². The average molecular weight is 275 g/mol. The highest BCUT2D eigenvalue weighted by atomic mass is 35.5. The van der Waals surface area contributed by atoms with E-state index < -0.39 is 5.82 Å². The molecule has 0 saturated carbocycles. The van der Waals surface area contributed by atoms with E-state index in [2.05, 4.69) is 10.2 Å². The van der Waals surface area contributed by atoms with Crippen molar-refractivity contribution in [1.29, 1.82) is 0 Å². The summed E-state index contributed by atoms with van der Waals surface area (Å²) in [6.07, 6.45) is 0. The quantitative estimate of drug-likeness (QED) is 0.879. The minimum absolute atomic E-state index is 0.0168. The fourth-order valence-electron chi connectivity index (χ4n) is 2.11. The van der Waals surface area contributed by atoms with Crippen molar-refractivity contribution in [2.24, 2.45) is 0 Å². The van der Waals surface area contributed by atoms with Gasteiger partial charge in [-0.1, -0.05) is 11.6 Å². The van der Waals surface area contributed by atoms with Crippen LogP contribution >= 0.6 is 11.6 Å². The molecule has 0 amide bonds. The van der Waals surface area contributed by atoms with Gasteiger partial charge in [-0.15, -0.1) is 0 Å². The number of phenolic OH excluding ortho intramolecular Hbond substituents is 1. The van der Waals surface area contributed by atoms with Crippen molar-refractivity contribution in [1.82, 2.24) is 10.2 Å². The fraction of sp³-hybridized carbons (Fsp3) is 0.500. The molecule has 6 heteroatoms. The van der Waals surface area contributed by atoms with Crippen LogP contribution in [0.3, 0.4) is 0 Å². The van der Waals surface area contributed by atoms with Crippen LogP contribution in [0.25, 0.3) is 0 Å². The minimum atomic E-state index is -0.625. The highest BCUT2D eigenvalue weighted by molar-refractivity contribution is 6.31. The Kier molecular flexibility index (Phi) is 4.27. The summed E-state index contributed by atoms with van der Waals surface area (Å²) in [4.78, 5) is 2.14. The summed E-state index contributed by atoms with van der Waals surface area (Å²) in [6.45, 7) is 3.96. The summed E-state index contributed by atoms with van der Waals surface area (Å²) in [7, 11) is 1.44. The number of rotatable bonds is 3. The molecule has 2 rings (SSSR count). The van der Waals surface area contributed by atoms with Gasteiger partial charge in [-0.05, 0) is 0 Å². The molecular formula is C12H16ClFN2O2. The van der Waals surface area contributed by atoms with Gasteiger partial charge >= 0.3 is 0 Å². The highest BCUT2D eigenvalue weighted by Gasteiger charge is 2.20. The molecule has 100 valence electrons. The van der Waals surface area contributed by atoms with Crippen molar-refractivity contribution in [2.75, 3.05) is 33.3 Å². The molecule has 1 aliphatic heterocycles. The van der Waals surface area contributed by atoms with Gasteiger partial charge in [0.2, 0.25) is 0 Å². The van der Waals surface area contributed by atoms with E-state index >= 15 is 0 Å². The molecule has 0 bridgehead atoms. The Morgan fingerprint density at radius 1 is 1.50 bits per heavy atom. The van der Waals surface area contributed by atoms with E-state index in [0.29, 0.717) is 12.1 Å². The van der Waals surface area contributed by atoms with E-state index in [1.807, 2.05) is 0 Å². The first-order valence-electron chi connectivity index (χ1n) is 5.80. The second-order valence-electron chi connectivity index (χ2n) is 4.23. The Morgan fingerprint density at radius 3 is 2.78 bits per heavy atom. The topological polar surface area (TPSA) is 44.7 Å². The van der Waals surface area contributed by atoms with Gasteiger partial charge in [-0.2, -0.15) is 0 Å². The van der Waals surface area contributed by atoms with Crippen molar-refractivity contribution in [2.45, 2.75) is 6.54 Å². The average Bonchev–Trinajstić information content (AvgIpc) is 2.37. The first kappa shape index (κ1) is 13.4. The lowest BCUT2D eigenvalue weighted by molar-refractivity contribution is 0.229. The molecule has 0 radical (unpaired) electrons. The number of piperazine rings is 1. The van der Waals surface area contributed by atoms with E-state index in [1.165, 1.54) is 7.11 Å². The lowest BCUT2D eigenvalue weighted by Crippen LogP contribution is -2.43. The second-order valence-corrected chi connectivity index (χ2v) is 4.61. The van der Waals surface area contributed by atoms with Crippen molar-refractivity contribution in [3.05, 3.63) is 22.5 Å². The molecule has 1 saturated heterocycles. The summed E-state index contributed by atoms with van der Waals surface area (Å²) in [5.41, 5.74) is 0.499. The van der Waals surface area contributed by atoms with Crippen LogP contribution in [0, 0.1) is 5.82 Å². The van der Waals surface area contributed by atoms with Gasteiger partial charge in [0.05, 0.1) is 12.1 Å². The predicted molar refractivity (Wildman–Crippen MR) is 67.8 cm³/mol. The molecule has 0 aromatic heterocycles. The number of nitrogens with zero attached hydrogens (tertiary/aromatic N) is 1. The van der Waals surface area contributed by atoms with E-state index in [1.54, 1.807) is 0 Å².